The van der Waals surface area contributed by atoms with Crippen molar-refractivity contribution in [2.45, 2.75) is 25.7 Å². The molecular weight excluding hydrogens is 214 g/mol. The van der Waals surface area contributed by atoms with Crippen LogP contribution in [-0.2, 0) is 9.59 Å². The van der Waals surface area contributed by atoms with Crippen molar-refractivity contribution in [1.29, 1.82) is 0 Å². The average molecular weight is 231 g/mol. The second kappa shape index (κ2) is 6.00. The lowest BCUT2D eigenvalue weighted by Crippen LogP contribution is -2.28. The zero-order chi connectivity index (χ0) is 11.3. The Hall–Kier alpha value is -0.710. The Balaban J connectivity index is 2.19. The molecular formula is C10H17NO3S. The van der Waals surface area contributed by atoms with Crippen LogP contribution in [0.3, 0.4) is 0 Å². The highest BCUT2D eigenvalue weighted by Crippen LogP contribution is 2.30. The summed E-state index contributed by atoms with van der Waals surface area (Å²) in [6.07, 6.45) is 2.76. The minimum Gasteiger partial charge on any atom is -0.481 e. The molecule has 0 saturated heterocycles. The standard InChI is InChI=1S/C10H17NO3S/c12-9(3-4-15)11-6-7-1-2-8(5-7)10(13)14/h7-8,15H,1-6H2,(H,11,12)(H,13,14). The summed E-state index contributed by atoms with van der Waals surface area (Å²) in [6.45, 7) is 0.608. The van der Waals surface area contributed by atoms with Crippen LogP contribution >= 0.6 is 12.6 Å². The van der Waals surface area contributed by atoms with Gasteiger partial charge in [0.05, 0.1) is 5.92 Å². The van der Waals surface area contributed by atoms with Crippen LogP contribution in [0.25, 0.3) is 0 Å². The van der Waals surface area contributed by atoms with Crippen LogP contribution in [-0.4, -0.2) is 29.3 Å². The van der Waals surface area contributed by atoms with Gasteiger partial charge in [0.2, 0.25) is 5.91 Å². The van der Waals surface area contributed by atoms with Gasteiger partial charge in [0.15, 0.2) is 0 Å². The van der Waals surface area contributed by atoms with Crippen molar-refractivity contribution in [2.24, 2.45) is 11.8 Å². The monoisotopic (exact) mass is 231 g/mol. The predicted molar refractivity (Wildman–Crippen MR) is 59.9 cm³/mol. The summed E-state index contributed by atoms with van der Waals surface area (Å²) < 4.78 is 0. The third-order valence-corrected chi connectivity index (χ3v) is 3.04. The third-order valence-electron chi connectivity index (χ3n) is 2.82. The van der Waals surface area contributed by atoms with Crippen LogP contribution in [0.1, 0.15) is 25.7 Å². The smallest absolute Gasteiger partial charge is 0.306 e. The molecule has 0 aliphatic heterocycles. The summed E-state index contributed by atoms with van der Waals surface area (Å²) in [5.41, 5.74) is 0. The molecule has 1 aliphatic rings. The molecule has 2 atom stereocenters. The van der Waals surface area contributed by atoms with Gasteiger partial charge in [0.25, 0.3) is 0 Å². The Morgan fingerprint density at radius 3 is 2.67 bits per heavy atom. The molecule has 0 radical (unpaired) electrons. The molecule has 0 aromatic heterocycles. The van der Waals surface area contributed by atoms with Gasteiger partial charge in [-0.05, 0) is 30.9 Å². The number of carbonyl (C=O) groups excluding carboxylic acids is 1. The van der Waals surface area contributed by atoms with Crippen molar-refractivity contribution >= 4 is 24.5 Å². The lowest BCUT2D eigenvalue weighted by Gasteiger charge is -2.10. The lowest BCUT2D eigenvalue weighted by atomic mass is 10.1. The van der Waals surface area contributed by atoms with Crippen molar-refractivity contribution < 1.29 is 14.7 Å². The number of carbonyl (C=O) groups is 2. The molecule has 4 nitrogen and oxygen atoms in total. The van der Waals surface area contributed by atoms with Crippen LogP contribution < -0.4 is 5.32 Å². The van der Waals surface area contributed by atoms with E-state index < -0.39 is 5.97 Å². The molecule has 15 heavy (non-hydrogen) atoms. The summed E-state index contributed by atoms with van der Waals surface area (Å²) in [7, 11) is 0. The molecule has 1 aliphatic carbocycles. The van der Waals surface area contributed by atoms with Gasteiger partial charge >= 0.3 is 5.97 Å². The molecule has 0 spiro atoms. The zero-order valence-corrected chi connectivity index (χ0v) is 9.50. The Labute approximate surface area is 94.8 Å². The Bertz CT molecular complexity index is 245. The SMILES string of the molecule is O=C(CCS)NCC1CCC(C(=O)O)C1. The fraction of sp³-hybridized carbons (Fsp3) is 0.800. The molecule has 2 N–H and O–H groups in total. The van der Waals surface area contributed by atoms with E-state index in [1.165, 1.54) is 0 Å². The van der Waals surface area contributed by atoms with Crippen LogP contribution in [0, 0.1) is 11.8 Å². The molecule has 1 amide bonds. The van der Waals surface area contributed by atoms with E-state index in [0.29, 0.717) is 31.1 Å². The average Bonchev–Trinajstić information content (AvgIpc) is 2.63. The maximum atomic E-state index is 11.1. The number of aliphatic carboxylic acids is 1. The highest BCUT2D eigenvalue weighted by atomic mass is 32.1. The van der Waals surface area contributed by atoms with Crippen molar-refractivity contribution in [3.8, 4) is 0 Å². The summed E-state index contributed by atoms with van der Waals surface area (Å²) in [6, 6.07) is 0. The first-order valence-corrected chi connectivity index (χ1v) is 5.87. The van der Waals surface area contributed by atoms with Crippen molar-refractivity contribution in [3.63, 3.8) is 0 Å². The predicted octanol–water partition coefficient (Wildman–Crippen LogP) is 0.923. The maximum Gasteiger partial charge on any atom is 0.306 e. The van der Waals surface area contributed by atoms with Gasteiger partial charge in [-0.3, -0.25) is 9.59 Å². The first-order valence-electron chi connectivity index (χ1n) is 5.24. The number of hydrogen-bond acceptors (Lipinski definition) is 3. The van der Waals surface area contributed by atoms with E-state index in [1.54, 1.807) is 0 Å². The number of hydrogen-bond donors (Lipinski definition) is 3. The number of carboxylic acid groups (broad SMARTS) is 1. The highest BCUT2D eigenvalue weighted by Gasteiger charge is 2.29. The summed E-state index contributed by atoms with van der Waals surface area (Å²) in [4.78, 5) is 21.8. The minimum atomic E-state index is -0.709. The van der Waals surface area contributed by atoms with E-state index in [2.05, 4.69) is 17.9 Å². The van der Waals surface area contributed by atoms with E-state index >= 15 is 0 Å². The van der Waals surface area contributed by atoms with Gasteiger partial charge in [0, 0.05) is 13.0 Å². The molecule has 5 heteroatoms. The molecule has 0 heterocycles. The van der Waals surface area contributed by atoms with E-state index in [0.717, 1.165) is 12.8 Å². The quantitative estimate of drug-likeness (QED) is 0.616. The fourth-order valence-electron chi connectivity index (χ4n) is 1.93. The maximum absolute atomic E-state index is 11.1. The van der Waals surface area contributed by atoms with Gasteiger partial charge < -0.3 is 10.4 Å². The number of rotatable bonds is 5. The van der Waals surface area contributed by atoms with Gasteiger partial charge in [-0.15, -0.1) is 0 Å². The number of amides is 1. The Kier molecular flexibility index (Phi) is 4.94. The van der Waals surface area contributed by atoms with E-state index in [1.807, 2.05) is 0 Å². The molecule has 86 valence electrons. The summed E-state index contributed by atoms with van der Waals surface area (Å²) in [5.74, 6) is -0.0384. The van der Waals surface area contributed by atoms with Crippen LogP contribution in [0.15, 0.2) is 0 Å². The largest absolute Gasteiger partial charge is 0.481 e. The van der Waals surface area contributed by atoms with Crippen LogP contribution in [0.4, 0.5) is 0 Å². The Morgan fingerprint density at radius 1 is 1.40 bits per heavy atom. The van der Waals surface area contributed by atoms with E-state index in [4.69, 9.17) is 5.11 Å². The zero-order valence-electron chi connectivity index (χ0n) is 8.61. The molecule has 2 unspecified atom stereocenters. The molecule has 0 aromatic carbocycles. The topological polar surface area (TPSA) is 66.4 Å². The minimum absolute atomic E-state index is 0.00350. The van der Waals surface area contributed by atoms with Crippen LogP contribution in [0.2, 0.25) is 0 Å². The van der Waals surface area contributed by atoms with E-state index in [-0.39, 0.29) is 11.8 Å². The molecule has 1 fully saturated rings. The molecule has 1 rings (SSSR count). The van der Waals surface area contributed by atoms with Gasteiger partial charge in [-0.1, -0.05) is 0 Å². The Morgan fingerprint density at radius 2 is 2.13 bits per heavy atom. The van der Waals surface area contributed by atoms with Crippen molar-refractivity contribution in [2.75, 3.05) is 12.3 Å². The first kappa shape index (κ1) is 12.4. The van der Waals surface area contributed by atoms with E-state index in [9.17, 15) is 9.59 Å². The molecule has 1 saturated carbocycles. The molecule has 0 aromatic rings. The number of thiol groups is 1. The molecule has 0 bridgehead atoms. The van der Waals surface area contributed by atoms with Crippen molar-refractivity contribution in [3.05, 3.63) is 0 Å². The van der Waals surface area contributed by atoms with Gasteiger partial charge in [0.1, 0.15) is 0 Å². The summed E-state index contributed by atoms with van der Waals surface area (Å²) in [5, 5.41) is 11.6. The fourth-order valence-corrected chi connectivity index (χ4v) is 2.14. The first-order chi connectivity index (χ1) is 7.13. The second-order valence-electron chi connectivity index (χ2n) is 3.99. The normalized spacial score (nSPS) is 25.1. The number of nitrogens with one attached hydrogen (secondary N) is 1. The second-order valence-corrected chi connectivity index (χ2v) is 4.44. The number of carboxylic acids is 1. The van der Waals surface area contributed by atoms with Crippen LogP contribution in [0.5, 0.6) is 0 Å². The summed E-state index contributed by atoms with van der Waals surface area (Å²) >= 11 is 3.97. The van der Waals surface area contributed by atoms with Crippen molar-refractivity contribution in [1.82, 2.24) is 5.32 Å². The highest BCUT2D eigenvalue weighted by molar-refractivity contribution is 7.80. The lowest BCUT2D eigenvalue weighted by molar-refractivity contribution is -0.141. The van der Waals surface area contributed by atoms with Gasteiger partial charge in [-0.2, -0.15) is 12.6 Å². The third kappa shape index (κ3) is 4.11. The van der Waals surface area contributed by atoms with Gasteiger partial charge in [-0.25, -0.2) is 0 Å².